The maximum Gasteiger partial charge on any atom is 0.251 e. The summed E-state index contributed by atoms with van der Waals surface area (Å²) in [7, 11) is 4.05. The number of nitrogens with one attached hydrogen (secondary N) is 1. The SMILES string of the molecule is CN(C)CCCNC(=O)c1ccc(-c2cccc(CC(=O)C3(c4ccc5c(c4)OCO5)CC3)c2)cc1. The van der Waals surface area contributed by atoms with Crippen LogP contribution in [0, 0.1) is 0 Å². The van der Waals surface area contributed by atoms with Crippen molar-refractivity contribution >= 4 is 11.7 Å². The van der Waals surface area contributed by atoms with Gasteiger partial charge in [0.05, 0.1) is 5.41 Å². The maximum absolute atomic E-state index is 13.4. The summed E-state index contributed by atoms with van der Waals surface area (Å²) in [5.41, 5.74) is 4.29. The molecule has 1 amide bonds. The predicted octanol–water partition coefficient (Wildman–Crippen LogP) is 4.61. The molecule has 2 aliphatic rings. The number of hydrogen-bond acceptors (Lipinski definition) is 5. The van der Waals surface area contributed by atoms with Crippen molar-refractivity contribution < 1.29 is 19.1 Å². The van der Waals surface area contributed by atoms with Gasteiger partial charge in [0.15, 0.2) is 11.5 Å². The fourth-order valence-corrected chi connectivity index (χ4v) is 4.78. The number of fused-ring (bicyclic) bond motifs is 1. The number of ether oxygens (including phenoxy) is 2. The van der Waals surface area contributed by atoms with Crippen LogP contribution in [0.25, 0.3) is 11.1 Å². The molecule has 1 fully saturated rings. The van der Waals surface area contributed by atoms with E-state index >= 15 is 0 Å². The Morgan fingerprint density at radius 3 is 2.44 bits per heavy atom. The molecule has 0 spiro atoms. The van der Waals surface area contributed by atoms with Gasteiger partial charge in [-0.1, -0.05) is 42.5 Å². The first-order valence-electron chi connectivity index (χ1n) is 12.5. The van der Waals surface area contributed by atoms with Gasteiger partial charge in [0.1, 0.15) is 5.78 Å². The van der Waals surface area contributed by atoms with Crippen LogP contribution >= 0.6 is 0 Å². The molecule has 3 aromatic rings. The Bertz CT molecular complexity index is 1260. The van der Waals surface area contributed by atoms with Crippen LogP contribution in [0.3, 0.4) is 0 Å². The number of rotatable bonds is 10. The second kappa shape index (κ2) is 10.2. The van der Waals surface area contributed by atoms with E-state index in [1.54, 1.807) is 0 Å². The molecule has 6 heteroatoms. The number of benzene rings is 3. The van der Waals surface area contributed by atoms with Crippen molar-refractivity contribution in [2.75, 3.05) is 34.0 Å². The minimum Gasteiger partial charge on any atom is -0.454 e. The van der Waals surface area contributed by atoms with Crippen LogP contribution in [-0.4, -0.2) is 50.6 Å². The van der Waals surface area contributed by atoms with Crippen molar-refractivity contribution in [3.05, 3.63) is 83.4 Å². The molecule has 1 aliphatic carbocycles. The van der Waals surface area contributed by atoms with Gasteiger partial charge >= 0.3 is 0 Å². The average Bonchev–Trinajstić information content (AvgIpc) is 3.57. The number of Topliss-reactive ketones (excluding diaryl/α,β-unsaturated/α-hetero) is 1. The van der Waals surface area contributed by atoms with E-state index in [9.17, 15) is 9.59 Å². The van der Waals surface area contributed by atoms with Crippen LogP contribution < -0.4 is 14.8 Å². The third kappa shape index (κ3) is 5.14. The van der Waals surface area contributed by atoms with Gasteiger partial charge in [-0.2, -0.15) is 0 Å². The fraction of sp³-hybridized carbons (Fsp3) is 0.333. The lowest BCUT2D eigenvalue weighted by molar-refractivity contribution is -0.120. The second-order valence-corrected chi connectivity index (χ2v) is 9.94. The van der Waals surface area contributed by atoms with Crippen LogP contribution in [0.4, 0.5) is 0 Å². The number of amides is 1. The summed E-state index contributed by atoms with van der Waals surface area (Å²) in [6, 6.07) is 21.6. The van der Waals surface area contributed by atoms with Crippen LogP contribution in [0.2, 0.25) is 0 Å². The lowest BCUT2D eigenvalue weighted by atomic mass is 9.87. The van der Waals surface area contributed by atoms with E-state index in [1.807, 2.05) is 74.8 Å². The Morgan fingerprint density at radius 1 is 0.917 bits per heavy atom. The Kier molecular flexibility index (Phi) is 6.79. The van der Waals surface area contributed by atoms with Gasteiger partial charge in [-0.15, -0.1) is 0 Å². The molecular formula is C30H32N2O4. The Morgan fingerprint density at radius 2 is 1.69 bits per heavy atom. The highest BCUT2D eigenvalue weighted by molar-refractivity contribution is 5.95. The maximum atomic E-state index is 13.4. The molecule has 3 aromatic carbocycles. The van der Waals surface area contributed by atoms with Crippen molar-refractivity contribution in [3.8, 4) is 22.6 Å². The number of hydrogen-bond donors (Lipinski definition) is 1. The summed E-state index contributed by atoms with van der Waals surface area (Å²) in [4.78, 5) is 27.9. The third-order valence-corrected chi connectivity index (χ3v) is 7.05. The van der Waals surface area contributed by atoms with E-state index in [-0.39, 0.29) is 18.5 Å². The van der Waals surface area contributed by atoms with Gasteiger partial charge in [0.2, 0.25) is 6.79 Å². The normalized spacial score (nSPS) is 15.1. The highest BCUT2D eigenvalue weighted by Crippen LogP contribution is 2.51. The monoisotopic (exact) mass is 484 g/mol. The third-order valence-electron chi connectivity index (χ3n) is 7.05. The number of ketones is 1. The van der Waals surface area contributed by atoms with Crippen LogP contribution in [0.5, 0.6) is 11.5 Å². The van der Waals surface area contributed by atoms with Gasteiger partial charge in [-0.05, 0) is 86.4 Å². The van der Waals surface area contributed by atoms with Crippen LogP contribution in [0.15, 0.2) is 66.7 Å². The van der Waals surface area contributed by atoms with Crippen molar-refractivity contribution in [1.82, 2.24) is 10.2 Å². The molecule has 0 radical (unpaired) electrons. The number of nitrogens with zero attached hydrogens (tertiary/aromatic N) is 1. The Hall–Kier alpha value is -3.64. The van der Waals surface area contributed by atoms with E-state index in [0.717, 1.165) is 59.6 Å². The van der Waals surface area contributed by atoms with Gasteiger partial charge in [-0.25, -0.2) is 0 Å². The lowest BCUT2D eigenvalue weighted by Crippen LogP contribution is -2.27. The molecule has 0 bridgehead atoms. The zero-order valence-electron chi connectivity index (χ0n) is 20.9. The Labute approximate surface area is 212 Å². The molecule has 186 valence electrons. The van der Waals surface area contributed by atoms with E-state index in [0.29, 0.717) is 18.5 Å². The second-order valence-electron chi connectivity index (χ2n) is 9.94. The Balaban J connectivity index is 1.23. The number of carbonyl (C=O) groups is 2. The summed E-state index contributed by atoms with van der Waals surface area (Å²) in [6.45, 7) is 1.83. The average molecular weight is 485 g/mol. The van der Waals surface area contributed by atoms with Gasteiger partial charge in [-0.3, -0.25) is 9.59 Å². The minimum absolute atomic E-state index is 0.0575. The molecule has 1 saturated carbocycles. The molecule has 0 unspecified atom stereocenters. The highest BCUT2D eigenvalue weighted by Gasteiger charge is 2.50. The quantitative estimate of drug-likeness (QED) is 0.426. The van der Waals surface area contributed by atoms with E-state index in [4.69, 9.17) is 9.47 Å². The molecule has 6 nitrogen and oxygen atoms in total. The zero-order chi connectivity index (χ0) is 25.1. The molecule has 36 heavy (non-hydrogen) atoms. The number of carbonyl (C=O) groups excluding carboxylic acids is 2. The van der Waals surface area contributed by atoms with E-state index in [2.05, 4.69) is 16.3 Å². The van der Waals surface area contributed by atoms with Crippen molar-refractivity contribution in [2.45, 2.75) is 31.1 Å². The smallest absolute Gasteiger partial charge is 0.251 e. The summed E-state index contributed by atoms with van der Waals surface area (Å²) >= 11 is 0. The van der Waals surface area contributed by atoms with Crippen LogP contribution in [0.1, 0.15) is 40.7 Å². The first-order chi connectivity index (χ1) is 17.4. The summed E-state index contributed by atoms with van der Waals surface area (Å²) in [5, 5.41) is 2.97. The summed E-state index contributed by atoms with van der Waals surface area (Å²) < 4.78 is 10.9. The molecule has 0 aromatic heterocycles. The van der Waals surface area contributed by atoms with Crippen molar-refractivity contribution in [2.24, 2.45) is 0 Å². The standard InChI is InChI=1S/C30H32N2O4/c1-32(2)16-4-15-31-29(34)23-9-7-22(8-10-23)24-6-3-5-21(17-24)18-28(33)30(13-14-30)25-11-12-26-27(19-25)36-20-35-26/h3,5-12,17,19H,4,13-16,18,20H2,1-2H3,(H,31,34). The molecular weight excluding hydrogens is 452 g/mol. The van der Waals surface area contributed by atoms with Crippen LogP contribution in [-0.2, 0) is 16.6 Å². The van der Waals surface area contributed by atoms with Crippen molar-refractivity contribution in [3.63, 3.8) is 0 Å². The van der Waals surface area contributed by atoms with E-state index < -0.39 is 5.41 Å². The summed E-state index contributed by atoms with van der Waals surface area (Å²) in [5.74, 6) is 1.64. The van der Waals surface area contributed by atoms with Crippen molar-refractivity contribution in [1.29, 1.82) is 0 Å². The molecule has 1 aliphatic heterocycles. The molecule has 5 rings (SSSR count). The highest BCUT2D eigenvalue weighted by atomic mass is 16.7. The predicted molar refractivity (Wildman–Crippen MR) is 140 cm³/mol. The minimum atomic E-state index is -0.418. The van der Waals surface area contributed by atoms with Gasteiger partial charge in [0.25, 0.3) is 5.91 Å². The topological polar surface area (TPSA) is 67.9 Å². The first kappa shape index (κ1) is 24.1. The lowest BCUT2D eigenvalue weighted by Gasteiger charge is -2.15. The zero-order valence-corrected chi connectivity index (χ0v) is 20.9. The molecule has 0 saturated heterocycles. The largest absolute Gasteiger partial charge is 0.454 e. The van der Waals surface area contributed by atoms with E-state index in [1.165, 1.54) is 0 Å². The van der Waals surface area contributed by atoms with Gasteiger partial charge in [0, 0.05) is 18.5 Å². The first-order valence-corrected chi connectivity index (χ1v) is 12.5. The van der Waals surface area contributed by atoms with Gasteiger partial charge < -0.3 is 19.7 Å². The fourth-order valence-electron chi connectivity index (χ4n) is 4.78. The summed E-state index contributed by atoms with van der Waals surface area (Å²) in [6.07, 6.45) is 3.03. The molecule has 1 N–H and O–H groups in total. The molecule has 0 atom stereocenters. The molecule has 1 heterocycles.